The Morgan fingerprint density at radius 2 is 1.38 bits per heavy atom. The maximum Gasteiger partial charge on any atom is 0.0781 e. The second-order valence-electron chi connectivity index (χ2n) is 9.94. The van der Waals surface area contributed by atoms with Gasteiger partial charge < -0.3 is 4.90 Å². The zero-order valence-electron chi connectivity index (χ0n) is 18.3. The lowest BCUT2D eigenvalue weighted by atomic mass is 9.99. The Morgan fingerprint density at radius 3 is 1.81 bits per heavy atom. The van der Waals surface area contributed by atoms with E-state index in [2.05, 4.69) is 50.4 Å². The molecule has 26 heavy (non-hydrogen) atoms. The molecule has 0 heterocycles. The molecule has 0 spiro atoms. The highest BCUT2D eigenvalue weighted by Crippen LogP contribution is 2.57. The van der Waals surface area contributed by atoms with Crippen molar-refractivity contribution < 1.29 is 0 Å². The minimum atomic E-state index is 0.00747. The highest BCUT2D eigenvalue weighted by atomic mass is 31.1. The molecule has 2 N–H and O–H groups in total. The van der Waals surface area contributed by atoms with Gasteiger partial charge in [0.2, 0.25) is 0 Å². The number of nitrogens with one attached hydrogen (secondary N) is 2. The van der Waals surface area contributed by atoms with Crippen LogP contribution in [0.1, 0.15) is 91.4 Å². The number of hydrogen-bond donors (Lipinski definition) is 2. The molecule has 0 aliphatic heterocycles. The molecule has 2 aliphatic carbocycles. The van der Waals surface area contributed by atoms with Gasteiger partial charge in [0.05, 0.1) is 5.91 Å². The maximum absolute atomic E-state index is 4.04. The molecule has 154 valence electrons. The third kappa shape index (κ3) is 8.13. The Bertz CT molecular complexity index is 350. The van der Waals surface area contributed by atoms with Crippen LogP contribution in [0.2, 0.25) is 0 Å². The van der Waals surface area contributed by atoms with E-state index < -0.39 is 0 Å². The predicted octanol–water partition coefficient (Wildman–Crippen LogP) is 5.35. The molecule has 0 saturated heterocycles. The molecular weight excluding hydrogens is 337 g/mol. The molecule has 2 fully saturated rings. The summed E-state index contributed by atoms with van der Waals surface area (Å²) in [5, 5.41) is 8.06. The summed E-state index contributed by atoms with van der Waals surface area (Å²) in [5.41, 5.74) is 2.16. The Hall–Kier alpha value is 0.310. The maximum atomic E-state index is 4.04. The Morgan fingerprint density at radius 1 is 0.885 bits per heavy atom. The molecule has 2 saturated carbocycles. The molecule has 2 aliphatic rings. The van der Waals surface area contributed by atoms with Crippen molar-refractivity contribution in [2.45, 2.75) is 114 Å². The highest BCUT2D eigenvalue weighted by Gasteiger charge is 2.37. The second kappa shape index (κ2) is 11.3. The summed E-state index contributed by atoms with van der Waals surface area (Å²) >= 11 is 0. The van der Waals surface area contributed by atoms with Crippen LogP contribution in [0, 0.1) is 0 Å². The first-order chi connectivity index (χ1) is 12.4. The van der Waals surface area contributed by atoms with E-state index >= 15 is 0 Å². The van der Waals surface area contributed by atoms with Gasteiger partial charge in [-0.25, -0.2) is 0 Å². The SMILES string of the molecule is CN(C)CCCNC(NC(C)(C)C)P(C1CCCCC1)C1CCCCC1. The zero-order valence-corrected chi connectivity index (χ0v) is 19.2. The van der Waals surface area contributed by atoms with Crippen molar-refractivity contribution in [1.29, 1.82) is 0 Å². The lowest BCUT2D eigenvalue weighted by Gasteiger charge is -2.45. The van der Waals surface area contributed by atoms with Gasteiger partial charge in [0, 0.05) is 5.54 Å². The van der Waals surface area contributed by atoms with E-state index in [1.807, 2.05) is 0 Å². The number of rotatable bonds is 9. The molecule has 1 unspecified atom stereocenters. The molecule has 0 aromatic heterocycles. The van der Waals surface area contributed by atoms with Gasteiger partial charge in [-0.2, -0.15) is 0 Å². The highest BCUT2D eigenvalue weighted by molar-refractivity contribution is 7.59. The summed E-state index contributed by atoms with van der Waals surface area (Å²) in [6.07, 6.45) is 16.0. The molecule has 0 amide bonds. The van der Waals surface area contributed by atoms with Gasteiger partial charge in [-0.3, -0.25) is 10.6 Å². The molecule has 0 aromatic rings. The van der Waals surface area contributed by atoms with E-state index in [9.17, 15) is 0 Å². The van der Waals surface area contributed by atoms with E-state index in [4.69, 9.17) is 0 Å². The largest absolute Gasteiger partial charge is 0.309 e. The molecule has 4 heteroatoms. The fourth-order valence-corrected chi connectivity index (χ4v) is 8.99. The summed E-state index contributed by atoms with van der Waals surface area (Å²) in [6.45, 7) is 9.36. The van der Waals surface area contributed by atoms with Crippen LogP contribution >= 0.6 is 7.92 Å². The summed E-state index contributed by atoms with van der Waals surface area (Å²) < 4.78 is 0. The van der Waals surface area contributed by atoms with Crippen molar-refractivity contribution in [2.24, 2.45) is 0 Å². The van der Waals surface area contributed by atoms with Crippen molar-refractivity contribution in [3.05, 3.63) is 0 Å². The first kappa shape index (κ1) is 22.6. The Kier molecular flexibility index (Phi) is 9.86. The van der Waals surface area contributed by atoms with Crippen LogP contribution in [-0.2, 0) is 0 Å². The monoisotopic (exact) mass is 383 g/mol. The molecular formula is C22H46N3P. The topological polar surface area (TPSA) is 27.3 Å². The van der Waals surface area contributed by atoms with Crippen LogP contribution in [0.25, 0.3) is 0 Å². The van der Waals surface area contributed by atoms with Gasteiger partial charge in [-0.1, -0.05) is 46.4 Å². The van der Waals surface area contributed by atoms with Crippen LogP contribution in [-0.4, -0.2) is 54.8 Å². The Balaban J connectivity index is 2.08. The molecule has 1 atom stereocenters. The minimum absolute atomic E-state index is 0.00747. The Labute approximate surface area is 165 Å². The third-order valence-corrected chi connectivity index (χ3v) is 9.61. The normalized spacial score (nSPS) is 22.3. The standard InChI is InChI=1S/C22H46N3P/c1-22(2,3)24-21(23-17-12-18-25(4)5)26(19-13-8-6-9-14-19)20-15-10-7-11-16-20/h19-21,23-24H,6-18H2,1-5H3. The van der Waals surface area contributed by atoms with Gasteiger partial charge >= 0.3 is 0 Å². The van der Waals surface area contributed by atoms with Crippen LogP contribution in [0.5, 0.6) is 0 Å². The molecule has 2 rings (SSSR count). The zero-order chi connectivity index (χ0) is 19.0. The first-order valence-electron chi connectivity index (χ1n) is 11.3. The molecule has 0 radical (unpaired) electrons. The first-order valence-corrected chi connectivity index (χ1v) is 12.8. The van der Waals surface area contributed by atoms with Crippen LogP contribution in [0.4, 0.5) is 0 Å². The van der Waals surface area contributed by atoms with E-state index in [1.165, 1.54) is 77.2 Å². The lowest BCUT2D eigenvalue weighted by molar-refractivity contribution is 0.354. The molecule has 0 aromatic carbocycles. The van der Waals surface area contributed by atoms with Gasteiger partial charge in [0.15, 0.2) is 0 Å². The molecule has 0 bridgehead atoms. The predicted molar refractivity (Wildman–Crippen MR) is 119 cm³/mol. The average Bonchev–Trinajstić information content (AvgIpc) is 2.59. The average molecular weight is 384 g/mol. The van der Waals surface area contributed by atoms with Crippen molar-refractivity contribution in [3.63, 3.8) is 0 Å². The summed E-state index contributed by atoms with van der Waals surface area (Å²) in [7, 11) is 4.37. The van der Waals surface area contributed by atoms with Crippen molar-refractivity contribution in [1.82, 2.24) is 15.5 Å². The smallest absolute Gasteiger partial charge is 0.0781 e. The number of hydrogen-bond acceptors (Lipinski definition) is 3. The number of nitrogens with zero attached hydrogens (tertiary/aromatic N) is 1. The van der Waals surface area contributed by atoms with E-state index in [0.29, 0.717) is 5.91 Å². The summed E-state index contributed by atoms with van der Waals surface area (Å²) in [5.74, 6) is 0.540. The van der Waals surface area contributed by atoms with Gasteiger partial charge in [0.25, 0.3) is 0 Å². The fraction of sp³-hybridized carbons (Fsp3) is 1.00. The summed E-state index contributed by atoms with van der Waals surface area (Å²) in [4.78, 5) is 2.30. The van der Waals surface area contributed by atoms with Crippen LogP contribution < -0.4 is 10.6 Å². The molecule has 3 nitrogen and oxygen atoms in total. The van der Waals surface area contributed by atoms with Crippen molar-refractivity contribution in [3.8, 4) is 0 Å². The minimum Gasteiger partial charge on any atom is -0.309 e. The van der Waals surface area contributed by atoms with Crippen molar-refractivity contribution >= 4 is 7.92 Å². The van der Waals surface area contributed by atoms with Gasteiger partial charge in [0.1, 0.15) is 0 Å². The quantitative estimate of drug-likeness (QED) is 0.319. The lowest BCUT2D eigenvalue weighted by Crippen LogP contribution is -2.52. The summed E-state index contributed by atoms with van der Waals surface area (Å²) in [6, 6.07) is 0. The van der Waals surface area contributed by atoms with Crippen LogP contribution in [0.3, 0.4) is 0 Å². The van der Waals surface area contributed by atoms with Crippen LogP contribution in [0.15, 0.2) is 0 Å². The van der Waals surface area contributed by atoms with E-state index in [1.54, 1.807) is 0 Å². The van der Waals surface area contributed by atoms with Crippen molar-refractivity contribution in [2.75, 3.05) is 27.2 Å². The van der Waals surface area contributed by atoms with Gasteiger partial charge in [-0.05, 0) is 91.4 Å². The van der Waals surface area contributed by atoms with E-state index in [0.717, 1.165) is 17.9 Å². The second-order valence-corrected chi connectivity index (χ2v) is 12.8. The third-order valence-electron chi connectivity index (χ3n) is 5.98. The van der Waals surface area contributed by atoms with Gasteiger partial charge in [-0.15, -0.1) is 0 Å². The fourth-order valence-electron chi connectivity index (χ4n) is 4.75. The van der Waals surface area contributed by atoms with E-state index in [-0.39, 0.29) is 13.5 Å².